The van der Waals surface area contributed by atoms with E-state index in [-0.39, 0.29) is 11.5 Å². The van der Waals surface area contributed by atoms with Gasteiger partial charge >= 0.3 is 0 Å². The van der Waals surface area contributed by atoms with Gasteiger partial charge in [-0.3, -0.25) is 4.79 Å². The summed E-state index contributed by atoms with van der Waals surface area (Å²) in [6.07, 6.45) is 4.53. The molecule has 0 aromatic carbocycles. The lowest BCUT2D eigenvalue weighted by molar-refractivity contribution is 0.138. The number of aliphatic hydroxyl groups is 1. The van der Waals surface area contributed by atoms with Gasteiger partial charge in [0.15, 0.2) is 0 Å². The van der Waals surface area contributed by atoms with Crippen molar-refractivity contribution >= 4 is 17.3 Å². The Kier molecular flexibility index (Phi) is 5.05. The molecule has 2 rings (SSSR count). The maximum absolute atomic E-state index is 12.3. The number of hydrogen-bond donors (Lipinski definition) is 2. The summed E-state index contributed by atoms with van der Waals surface area (Å²) in [6, 6.07) is 0. The van der Waals surface area contributed by atoms with E-state index in [4.69, 9.17) is 11.6 Å². The molecule has 1 atom stereocenters. The summed E-state index contributed by atoms with van der Waals surface area (Å²) >= 11 is 6.03. The third-order valence-electron chi connectivity index (χ3n) is 3.91. The summed E-state index contributed by atoms with van der Waals surface area (Å²) in [4.78, 5) is 12.3. The van der Waals surface area contributed by atoms with Gasteiger partial charge in [-0.2, -0.15) is 5.10 Å². The zero-order chi connectivity index (χ0) is 14.7. The maximum Gasteiger partial charge on any atom is 0.291 e. The minimum atomic E-state index is -0.515. The number of aromatic nitrogens is 2. The van der Waals surface area contributed by atoms with Crippen LogP contribution >= 0.6 is 11.6 Å². The molecule has 1 saturated carbocycles. The van der Waals surface area contributed by atoms with Gasteiger partial charge in [0.05, 0.1) is 17.3 Å². The molecule has 5 nitrogen and oxygen atoms in total. The molecule has 1 fully saturated rings. The molecule has 1 aromatic heterocycles. The average molecular weight is 300 g/mol. The summed E-state index contributed by atoms with van der Waals surface area (Å²) in [6.45, 7) is 4.81. The molecule has 2 N–H and O–H groups in total. The van der Waals surface area contributed by atoms with Gasteiger partial charge in [0.1, 0.15) is 5.69 Å². The van der Waals surface area contributed by atoms with Crippen LogP contribution < -0.4 is 10.9 Å². The standard InChI is InChI=1S/C14H22ClN3O2/c1-9(2)12(19)7-16-13-11(15)6-17-18(14(13)20)8-10-4-3-5-10/h6,9-10,12,16,19H,3-5,7-8H2,1-2H3. The van der Waals surface area contributed by atoms with Crippen molar-refractivity contribution < 1.29 is 5.11 Å². The first-order valence-corrected chi connectivity index (χ1v) is 7.54. The van der Waals surface area contributed by atoms with Crippen molar-refractivity contribution in [1.29, 1.82) is 0 Å². The van der Waals surface area contributed by atoms with E-state index in [9.17, 15) is 9.90 Å². The van der Waals surface area contributed by atoms with E-state index in [0.29, 0.717) is 29.7 Å². The fourth-order valence-electron chi connectivity index (χ4n) is 2.12. The van der Waals surface area contributed by atoms with Crippen LogP contribution in [0.1, 0.15) is 33.1 Å². The van der Waals surface area contributed by atoms with Gasteiger partial charge in [0.2, 0.25) is 0 Å². The second-order valence-electron chi connectivity index (χ2n) is 5.84. The second kappa shape index (κ2) is 6.59. The summed E-state index contributed by atoms with van der Waals surface area (Å²) in [5, 5.41) is 17.2. The van der Waals surface area contributed by atoms with Crippen LogP contribution in [0, 0.1) is 11.8 Å². The molecule has 20 heavy (non-hydrogen) atoms. The van der Waals surface area contributed by atoms with Crippen LogP contribution in [0.3, 0.4) is 0 Å². The first-order valence-electron chi connectivity index (χ1n) is 7.16. The smallest absolute Gasteiger partial charge is 0.291 e. The topological polar surface area (TPSA) is 67.2 Å². The van der Waals surface area contributed by atoms with Gasteiger partial charge in [-0.15, -0.1) is 0 Å². The largest absolute Gasteiger partial charge is 0.391 e. The molecule has 6 heteroatoms. The highest BCUT2D eigenvalue weighted by molar-refractivity contribution is 6.32. The highest BCUT2D eigenvalue weighted by Crippen LogP contribution is 2.27. The molecule has 1 aliphatic rings. The highest BCUT2D eigenvalue weighted by Gasteiger charge is 2.20. The van der Waals surface area contributed by atoms with Gasteiger partial charge in [-0.1, -0.05) is 31.9 Å². The van der Waals surface area contributed by atoms with Crippen LogP contribution in [0.15, 0.2) is 11.0 Å². The van der Waals surface area contributed by atoms with E-state index in [1.54, 1.807) is 0 Å². The average Bonchev–Trinajstić information content (AvgIpc) is 2.35. The fraction of sp³-hybridized carbons (Fsp3) is 0.714. The number of hydrogen-bond acceptors (Lipinski definition) is 4. The van der Waals surface area contributed by atoms with Crippen molar-refractivity contribution in [2.45, 2.75) is 45.8 Å². The van der Waals surface area contributed by atoms with Gasteiger partial charge in [-0.05, 0) is 24.7 Å². The van der Waals surface area contributed by atoms with Crippen molar-refractivity contribution in [3.05, 3.63) is 21.6 Å². The van der Waals surface area contributed by atoms with Crippen molar-refractivity contribution in [3.63, 3.8) is 0 Å². The predicted molar refractivity (Wildman–Crippen MR) is 80.2 cm³/mol. The third kappa shape index (κ3) is 3.52. The lowest BCUT2D eigenvalue weighted by Gasteiger charge is -2.25. The van der Waals surface area contributed by atoms with E-state index in [0.717, 1.165) is 12.8 Å². The van der Waals surface area contributed by atoms with Gasteiger partial charge in [-0.25, -0.2) is 4.68 Å². The first-order chi connectivity index (χ1) is 9.49. The van der Waals surface area contributed by atoms with Crippen LogP contribution in [-0.4, -0.2) is 27.5 Å². The Morgan fingerprint density at radius 2 is 2.25 bits per heavy atom. The molecular formula is C14H22ClN3O2. The van der Waals surface area contributed by atoms with Crippen molar-refractivity contribution in [2.75, 3.05) is 11.9 Å². The number of halogens is 1. The molecule has 1 aromatic rings. The van der Waals surface area contributed by atoms with Crippen LogP contribution in [0.25, 0.3) is 0 Å². The predicted octanol–water partition coefficient (Wildman–Crippen LogP) is 2.13. The fourth-order valence-corrected chi connectivity index (χ4v) is 2.31. The van der Waals surface area contributed by atoms with Crippen LogP contribution in [-0.2, 0) is 6.54 Å². The van der Waals surface area contributed by atoms with E-state index in [2.05, 4.69) is 10.4 Å². The van der Waals surface area contributed by atoms with Crippen LogP contribution in [0.5, 0.6) is 0 Å². The Morgan fingerprint density at radius 1 is 1.55 bits per heavy atom. The Morgan fingerprint density at radius 3 is 2.80 bits per heavy atom. The number of aliphatic hydroxyl groups excluding tert-OH is 1. The van der Waals surface area contributed by atoms with E-state index in [1.807, 2.05) is 13.8 Å². The molecule has 1 unspecified atom stereocenters. The van der Waals surface area contributed by atoms with Crippen molar-refractivity contribution in [2.24, 2.45) is 11.8 Å². The Balaban J connectivity index is 2.10. The molecule has 112 valence electrons. The van der Waals surface area contributed by atoms with Gasteiger partial charge in [0, 0.05) is 13.1 Å². The molecule has 0 saturated heterocycles. The molecule has 1 aliphatic carbocycles. The monoisotopic (exact) mass is 299 g/mol. The van der Waals surface area contributed by atoms with E-state index in [1.165, 1.54) is 17.3 Å². The lowest BCUT2D eigenvalue weighted by atomic mass is 9.85. The summed E-state index contributed by atoms with van der Waals surface area (Å²) < 4.78 is 1.47. The zero-order valence-corrected chi connectivity index (χ0v) is 12.7. The van der Waals surface area contributed by atoms with Crippen LogP contribution in [0.4, 0.5) is 5.69 Å². The molecule has 1 heterocycles. The SMILES string of the molecule is CC(C)C(O)CNc1c(Cl)cnn(CC2CCC2)c1=O. The molecule has 0 spiro atoms. The Labute approximate surface area is 124 Å². The minimum absolute atomic E-state index is 0.125. The number of rotatable bonds is 6. The first kappa shape index (κ1) is 15.3. The van der Waals surface area contributed by atoms with Crippen LogP contribution in [0.2, 0.25) is 5.02 Å². The molecule has 0 bridgehead atoms. The van der Waals surface area contributed by atoms with E-state index < -0.39 is 6.10 Å². The zero-order valence-electron chi connectivity index (χ0n) is 12.0. The van der Waals surface area contributed by atoms with Gasteiger partial charge in [0.25, 0.3) is 5.56 Å². The quantitative estimate of drug-likeness (QED) is 0.844. The molecule has 0 radical (unpaired) electrons. The Bertz CT molecular complexity index is 512. The molecule has 0 amide bonds. The van der Waals surface area contributed by atoms with E-state index >= 15 is 0 Å². The number of nitrogens with zero attached hydrogens (tertiary/aromatic N) is 2. The number of nitrogens with one attached hydrogen (secondary N) is 1. The van der Waals surface area contributed by atoms with Gasteiger partial charge < -0.3 is 10.4 Å². The number of anilines is 1. The summed E-state index contributed by atoms with van der Waals surface area (Å²) in [7, 11) is 0. The maximum atomic E-state index is 12.3. The van der Waals surface area contributed by atoms with Crippen molar-refractivity contribution in [1.82, 2.24) is 9.78 Å². The highest BCUT2D eigenvalue weighted by atomic mass is 35.5. The summed E-state index contributed by atoms with van der Waals surface area (Å²) in [5.74, 6) is 0.677. The Hall–Kier alpha value is -1.07. The molecule has 0 aliphatic heterocycles. The van der Waals surface area contributed by atoms with Crippen molar-refractivity contribution in [3.8, 4) is 0 Å². The normalized spacial score (nSPS) is 17.1. The second-order valence-corrected chi connectivity index (χ2v) is 6.25. The molecular weight excluding hydrogens is 278 g/mol. The summed E-state index contributed by atoms with van der Waals surface area (Å²) in [5.41, 5.74) is 0.126. The third-order valence-corrected chi connectivity index (χ3v) is 4.20. The lowest BCUT2D eigenvalue weighted by Crippen LogP contribution is -2.33. The minimum Gasteiger partial charge on any atom is -0.391 e.